The Morgan fingerprint density at radius 2 is 2.05 bits per heavy atom. The van der Waals surface area contributed by atoms with Crippen LogP contribution in [0.4, 0.5) is 5.69 Å². The molecular formula is C15H25N3O2S. The van der Waals surface area contributed by atoms with Gasteiger partial charge in [0.05, 0.1) is 5.75 Å². The third kappa shape index (κ3) is 5.30. The highest BCUT2D eigenvalue weighted by atomic mass is 32.2. The highest BCUT2D eigenvalue weighted by Crippen LogP contribution is 2.16. The molecule has 0 spiro atoms. The molecule has 2 rings (SSSR count). The van der Waals surface area contributed by atoms with Crippen molar-refractivity contribution in [2.75, 3.05) is 31.9 Å². The normalized spacial score (nSPS) is 18.0. The van der Waals surface area contributed by atoms with Crippen LogP contribution < -0.4 is 10.5 Å². The minimum absolute atomic E-state index is 0.00809. The zero-order chi connectivity index (χ0) is 15.3. The van der Waals surface area contributed by atoms with Crippen molar-refractivity contribution in [3.8, 4) is 0 Å². The van der Waals surface area contributed by atoms with Gasteiger partial charge in [0.25, 0.3) is 0 Å². The number of sulfonamides is 1. The van der Waals surface area contributed by atoms with E-state index in [1.165, 1.54) is 0 Å². The maximum atomic E-state index is 12.1. The first-order valence-corrected chi connectivity index (χ1v) is 9.18. The average molecular weight is 311 g/mol. The minimum atomic E-state index is -3.29. The summed E-state index contributed by atoms with van der Waals surface area (Å²) < 4.78 is 27.0. The average Bonchev–Trinajstić information content (AvgIpc) is 2.45. The van der Waals surface area contributed by atoms with Crippen LogP contribution in [0.15, 0.2) is 24.3 Å². The Kier molecular flexibility index (Phi) is 5.61. The minimum Gasteiger partial charge on any atom is -0.399 e. The van der Waals surface area contributed by atoms with E-state index in [-0.39, 0.29) is 5.75 Å². The number of nitrogens with one attached hydrogen (secondary N) is 1. The molecule has 1 aromatic carbocycles. The molecule has 1 heterocycles. The lowest BCUT2D eigenvalue weighted by molar-refractivity contribution is 0.193. The summed E-state index contributed by atoms with van der Waals surface area (Å²) in [6.07, 6.45) is 2.13. The second-order valence-corrected chi connectivity index (χ2v) is 7.54. The highest BCUT2D eigenvalue weighted by molar-refractivity contribution is 7.88. The number of hydrogen-bond acceptors (Lipinski definition) is 4. The van der Waals surface area contributed by atoms with Crippen molar-refractivity contribution in [3.63, 3.8) is 0 Å². The van der Waals surface area contributed by atoms with Gasteiger partial charge in [0.1, 0.15) is 0 Å². The lowest BCUT2D eigenvalue weighted by Gasteiger charge is -2.30. The van der Waals surface area contributed by atoms with Gasteiger partial charge in [0.2, 0.25) is 10.0 Å². The predicted molar refractivity (Wildman–Crippen MR) is 86.3 cm³/mol. The molecule has 1 aromatic rings. The fourth-order valence-electron chi connectivity index (χ4n) is 2.70. The van der Waals surface area contributed by atoms with Gasteiger partial charge in [-0.1, -0.05) is 19.1 Å². The first kappa shape index (κ1) is 16.3. The van der Waals surface area contributed by atoms with Crippen molar-refractivity contribution in [2.24, 2.45) is 5.92 Å². The molecule has 0 amide bonds. The van der Waals surface area contributed by atoms with Gasteiger partial charge in [-0.2, -0.15) is 0 Å². The molecule has 1 fully saturated rings. The van der Waals surface area contributed by atoms with E-state index in [0.29, 0.717) is 18.2 Å². The van der Waals surface area contributed by atoms with Crippen LogP contribution in [0.1, 0.15) is 25.3 Å². The smallest absolute Gasteiger partial charge is 0.215 e. The van der Waals surface area contributed by atoms with Crippen LogP contribution in [0.25, 0.3) is 0 Å². The van der Waals surface area contributed by atoms with Crippen LogP contribution in [0.5, 0.6) is 0 Å². The number of piperidine rings is 1. The van der Waals surface area contributed by atoms with Gasteiger partial charge >= 0.3 is 0 Å². The van der Waals surface area contributed by atoms with Crippen LogP contribution >= 0.6 is 0 Å². The summed E-state index contributed by atoms with van der Waals surface area (Å²) in [6, 6.07) is 7.03. The second-order valence-electron chi connectivity index (χ2n) is 5.73. The lowest BCUT2D eigenvalue weighted by atomic mass is 9.97. The summed E-state index contributed by atoms with van der Waals surface area (Å²) in [5, 5.41) is 0. The van der Waals surface area contributed by atoms with Gasteiger partial charge in [-0.15, -0.1) is 0 Å². The van der Waals surface area contributed by atoms with Crippen molar-refractivity contribution in [1.82, 2.24) is 9.62 Å². The number of anilines is 1. The molecule has 0 aromatic heterocycles. The quantitative estimate of drug-likeness (QED) is 0.779. The zero-order valence-electron chi connectivity index (χ0n) is 12.6. The van der Waals surface area contributed by atoms with Crippen LogP contribution in [0, 0.1) is 5.92 Å². The largest absolute Gasteiger partial charge is 0.399 e. The van der Waals surface area contributed by atoms with E-state index in [4.69, 9.17) is 5.73 Å². The fourth-order valence-corrected chi connectivity index (χ4v) is 3.92. The molecule has 21 heavy (non-hydrogen) atoms. The molecular weight excluding hydrogens is 286 g/mol. The number of rotatable bonds is 6. The van der Waals surface area contributed by atoms with E-state index >= 15 is 0 Å². The van der Waals surface area contributed by atoms with E-state index in [2.05, 4.69) is 16.5 Å². The Bertz CT molecular complexity index is 552. The predicted octanol–water partition coefficient (Wildman–Crippen LogP) is 1.42. The van der Waals surface area contributed by atoms with Crippen molar-refractivity contribution >= 4 is 15.7 Å². The monoisotopic (exact) mass is 311 g/mol. The Morgan fingerprint density at radius 3 is 2.67 bits per heavy atom. The molecule has 1 aliphatic heterocycles. The third-order valence-corrected chi connectivity index (χ3v) is 5.37. The summed E-state index contributed by atoms with van der Waals surface area (Å²) in [4.78, 5) is 2.40. The Morgan fingerprint density at radius 1 is 1.33 bits per heavy atom. The zero-order valence-corrected chi connectivity index (χ0v) is 13.4. The number of nitrogens with zero attached hydrogens (tertiary/aromatic N) is 1. The van der Waals surface area contributed by atoms with Crippen LogP contribution in [0.3, 0.4) is 0 Å². The van der Waals surface area contributed by atoms with E-state index in [9.17, 15) is 8.42 Å². The first-order chi connectivity index (χ1) is 9.98. The number of nitrogen functional groups attached to an aromatic ring is 1. The topological polar surface area (TPSA) is 75.4 Å². The fraction of sp³-hybridized carbons (Fsp3) is 0.600. The summed E-state index contributed by atoms with van der Waals surface area (Å²) in [7, 11) is -3.29. The van der Waals surface area contributed by atoms with Gasteiger partial charge < -0.3 is 10.6 Å². The number of benzene rings is 1. The van der Waals surface area contributed by atoms with Crippen molar-refractivity contribution in [1.29, 1.82) is 0 Å². The molecule has 0 aliphatic carbocycles. The van der Waals surface area contributed by atoms with Crippen LogP contribution in [0.2, 0.25) is 0 Å². The molecule has 0 atom stereocenters. The summed E-state index contributed by atoms with van der Waals surface area (Å²) in [5.74, 6) is 0.440. The first-order valence-electron chi connectivity index (χ1n) is 7.52. The van der Waals surface area contributed by atoms with Gasteiger partial charge in [-0.05, 0) is 56.1 Å². The maximum Gasteiger partial charge on any atom is 0.215 e. The molecule has 6 heteroatoms. The lowest BCUT2D eigenvalue weighted by Crippen LogP contribution is -2.38. The van der Waals surface area contributed by atoms with Gasteiger partial charge in [0.15, 0.2) is 0 Å². The van der Waals surface area contributed by atoms with Crippen molar-refractivity contribution in [3.05, 3.63) is 29.8 Å². The summed E-state index contributed by atoms with van der Waals surface area (Å²) in [6.45, 7) is 5.92. The molecule has 3 N–H and O–H groups in total. The van der Waals surface area contributed by atoms with Crippen molar-refractivity contribution < 1.29 is 8.42 Å². The van der Waals surface area contributed by atoms with Gasteiger partial charge in [-0.3, -0.25) is 0 Å². The standard InChI is InChI=1S/C15H25N3O2S/c1-2-18-8-6-13(7-9-18)11-17-21(19,20)12-14-4-3-5-15(16)10-14/h3-5,10,13,17H,2,6-9,11-12,16H2,1H3. The van der Waals surface area contributed by atoms with E-state index in [1.807, 2.05) is 0 Å². The van der Waals surface area contributed by atoms with Crippen LogP contribution in [-0.4, -0.2) is 39.5 Å². The van der Waals surface area contributed by atoms with Gasteiger partial charge in [-0.25, -0.2) is 13.1 Å². The second kappa shape index (κ2) is 7.24. The SMILES string of the molecule is CCN1CCC(CNS(=O)(=O)Cc2cccc(N)c2)CC1. The summed E-state index contributed by atoms with van der Waals surface area (Å²) in [5.41, 5.74) is 6.99. The summed E-state index contributed by atoms with van der Waals surface area (Å²) >= 11 is 0. The van der Waals surface area contributed by atoms with E-state index in [1.54, 1.807) is 24.3 Å². The highest BCUT2D eigenvalue weighted by Gasteiger charge is 2.20. The molecule has 0 radical (unpaired) electrons. The molecule has 0 bridgehead atoms. The maximum absolute atomic E-state index is 12.1. The molecule has 0 saturated carbocycles. The molecule has 1 aliphatic rings. The Labute approximate surface area is 127 Å². The van der Waals surface area contributed by atoms with E-state index < -0.39 is 10.0 Å². The molecule has 1 saturated heterocycles. The molecule has 5 nitrogen and oxygen atoms in total. The Hall–Kier alpha value is -1.11. The van der Waals surface area contributed by atoms with Gasteiger partial charge in [0, 0.05) is 12.2 Å². The van der Waals surface area contributed by atoms with Crippen molar-refractivity contribution in [2.45, 2.75) is 25.5 Å². The number of likely N-dealkylation sites (tertiary alicyclic amines) is 1. The number of nitrogens with two attached hydrogens (primary N) is 1. The Balaban J connectivity index is 1.82. The van der Waals surface area contributed by atoms with Crippen LogP contribution in [-0.2, 0) is 15.8 Å². The third-order valence-electron chi connectivity index (χ3n) is 4.05. The molecule has 0 unspecified atom stereocenters. The number of hydrogen-bond donors (Lipinski definition) is 2. The van der Waals surface area contributed by atoms with E-state index in [0.717, 1.165) is 38.0 Å². The molecule has 118 valence electrons.